The Labute approximate surface area is 155 Å². The molecule has 0 unspecified atom stereocenters. The van der Waals surface area contributed by atoms with Crippen LogP contribution in [0.4, 0.5) is 0 Å². The monoisotopic (exact) mass is 365 g/mol. The molecule has 0 fully saturated rings. The molecule has 0 bridgehead atoms. The van der Waals surface area contributed by atoms with Crippen LogP contribution in [0.25, 0.3) is 10.8 Å². The number of rotatable bonds is 5. The molecule has 0 aliphatic heterocycles. The fourth-order valence-corrected chi connectivity index (χ4v) is 2.76. The Morgan fingerprint density at radius 3 is 2.37 bits per heavy atom. The third-order valence-electron chi connectivity index (χ3n) is 4.21. The second-order valence-electron chi connectivity index (χ2n) is 5.89. The first-order valence-corrected chi connectivity index (χ1v) is 8.50. The maximum absolute atomic E-state index is 12.7. The van der Waals surface area contributed by atoms with E-state index in [4.69, 9.17) is 0 Å². The van der Waals surface area contributed by atoms with Gasteiger partial charge in [-0.15, -0.1) is 0 Å². The minimum Gasteiger partial charge on any atom is -0.465 e. The molecule has 0 saturated carbocycles. The van der Waals surface area contributed by atoms with E-state index in [2.05, 4.69) is 15.2 Å². The molecule has 7 heteroatoms. The van der Waals surface area contributed by atoms with Crippen molar-refractivity contribution >= 4 is 22.6 Å². The van der Waals surface area contributed by atoms with Gasteiger partial charge in [0.15, 0.2) is 5.69 Å². The van der Waals surface area contributed by atoms with Crippen LogP contribution in [0.3, 0.4) is 0 Å². The van der Waals surface area contributed by atoms with E-state index < -0.39 is 5.97 Å². The van der Waals surface area contributed by atoms with E-state index in [1.165, 1.54) is 11.8 Å². The number of nitrogens with one attached hydrogen (secondary N) is 1. The van der Waals surface area contributed by atoms with Gasteiger partial charge in [0.2, 0.25) is 0 Å². The molecule has 27 heavy (non-hydrogen) atoms. The minimum absolute atomic E-state index is 0.207. The van der Waals surface area contributed by atoms with Crippen molar-refractivity contribution in [1.82, 2.24) is 15.1 Å². The molecular weight excluding hydrogens is 346 g/mol. The lowest BCUT2D eigenvalue weighted by Crippen LogP contribution is -2.30. The first-order valence-electron chi connectivity index (χ1n) is 8.50. The van der Waals surface area contributed by atoms with Gasteiger partial charge in [0.25, 0.3) is 11.5 Å². The average Bonchev–Trinajstić information content (AvgIpc) is 2.72. The number of amides is 1. The SMILES string of the molecule is CCn1nc(C(=O)NCc2ccc(C(=O)OC)cc2)c2ccccc2c1=O. The summed E-state index contributed by atoms with van der Waals surface area (Å²) >= 11 is 0. The van der Waals surface area contributed by atoms with Crippen molar-refractivity contribution in [1.29, 1.82) is 0 Å². The Bertz CT molecular complexity index is 1060. The Balaban J connectivity index is 1.83. The summed E-state index contributed by atoms with van der Waals surface area (Å²) in [6, 6.07) is 13.7. The second-order valence-corrected chi connectivity index (χ2v) is 5.89. The number of carbonyl (C=O) groups is 2. The summed E-state index contributed by atoms with van der Waals surface area (Å²) < 4.78 is 5.94. The molecule has 1 aromatic heterocycles. The zero-order valence-electron chi connectivity index (χ0n) is 15.1. The van der Waals surface area contributed by atoms with Gasteiger partial charge in [-0.3, -0.25) is 9.59 Å². The largest absolute Gasteiger partial charge is 0.465 e. The van der Waals surface area contributed by atoms with E-state index in [1.807, 2.05) is 0 Å². The van der Waals surface area contributed by atoms with Crippen LogP contribution in [0, 0.1) is 0 Å². The summed E-state index contributed by atoms with van der Waals surface area (Å²) in [4.78, 5) is 36.5. The number of ether oxygens (including phenoxy) is 1. The van der Waals surface area contributed by atoms with E-state index >= 15 is 0 Å². The summed E-state index contributed by atoms with van der Waals surface area (Å²) in [5.41, 5.74) is 1.25. The Morgan fingerprint density at radius 2 is 1.74 bits per heavy atom. The van der Waals surface area contributed by atoms with Crippen LogP contribution in [-0.4, -0.2) is 28.8 Å². The lowest BCUT2D eigenvalue weighted by Gasteiger charge is -2.10. The lowest BCUT2D eigenvalue weighted by molar-refractivity contribution is 0.0600. The number of hydrogen-bond acceptors (Lipinski definition) is 5. The van der Waals surface area contributed by atoms with Gasteiger partial charge in [-0.1, -0.05) is 30.3 Å². The molecule has 0 spiro atoms. The van der Waals surface area contributed by atoms with E-state index in [9.17, 15) is 14.4 Å². The van der Waals surface area contributed by atoms with E-state index in [-0.39, 0.29) is 23.7 Å². The predicted octanol–water partition coefficient (Wildman–Crippen LogP) is 2.13. The van der Waals surface area contributed by atoms with Gasteiger partial charge < -0.3 is 10.1 Å². The zero-order valence-corrected chi connectivity index (χ0v) is 15.1. The molecule has 1 N–H and O–H groups in total. The highest BCUT2D eigenvalue weighted by atomic mass is 16.5. The lowest BCUT2D eigenvalue weighted by atomic mass is 10.1. The molecule has 2 aromatic carbocycles. The van der Waals surface area contributed by atoms with Gasteiger partial charge in [-0.2, -0.15) is 5.10 Å². The highest BCUT2D eigenvalue weighted by Crippen LogP contribution is 2.13. The molecule has 0 radical (unpaired) electrons. The summed E-state index contributed by atoms with van der Waals surface area (Å²) in [6.07, 6.45) is 0. The normalized spacial score (nSPS) is 10.6. The molecular formula is C20H19N3O4. The first kappa shape index (κ1) is 18.3. The summed E-state index contributed by atoms with van der Waals surface area (Å²) in [5, 5.41) is 8.00. The van der Waals surface area contributed by atoms with Crippen LogP contribution in [0.15, 0.2) is 53.3 Å². The molecule has 3 aromatic rings. The number of methoxy groups -OCH3 is 1. The van der Waals surface area contributed by atoms with E-state index in [1.54, 1.807) is 55.5 Å². The van der Waals surface area contributed by atoms with Crippen LogP contribution in [0.1, 0.15) is 33.3 Å². The van der Waals surface area contributed by atoms with Crippen molar-refractivity contribution in [3.05, 3.63) is 75.7 Å². The number of esters is 1. The summed E-state index contributed by atoms with van der Waals surface area (Å²) in [5.74, 6) is -0.784. The second kappa shape index (κ2) is 7.82. The maximum atomic E-state index is 12.7. The van der Waals surface area contributed by atoms with Crippen molar-refractivity contribution in [3.63, 3.8) is 0 Å². The van der Waals surface area contributed by atoms with Gasteiger partial charge in [0.1, 0.15) is 0 Å². The number of fused-ring (bicyclic) bond motifs is 1. The minimum atomic E-state index is -0.414. The number of aryl methyl sites for hydroxylation is 1. The van der Waals surface area contributed by atoms with Gasteiger partial charge >= 0.3 is 5.97 Å². The third kappa shape index (κ3) is 3.72. The molecule has 1 amide bonds. The fraction of sp³-hybridized carbons (Fsp3) is 0.200. The quantitative estimate of drug-likeness (QED) is 0.700. The van der Waals surface area contributed by atoms with Crippen molar-refractivity contribution in [2.45, 2.75) is 20.0 Å². The first-order chi connectivity index (χ1) is 13.0. The van der Waals surface area contributed by atoms with Crippen molar-refractivity contribution in [2.24, 2.45) is 0 Å². The van der Waals surface area contributed by atoms with Crippen LogP contribution in [0.5, 0.6) is 0 Å². The Hall–Kier alpha value is -3.48. The zero-order chi connectivity index (χ0) is 19.4. The van der Waals surface area contributed by atoms with E-state index in [0.717, 1.165) is 5.56 Å². The van der Waals surface area contributed by atoms with Crippen LogP contribution < -0.4 is 10.9 Å². The van der Waals surface area contributed by atoms with Gasteiger partial charge in [-0.05, 0) is 30.7 Å². The molecule has 1 heterocycles. The molecule has 0 saturated heterocycles. The standard InChI is InChI=1S/C20H19N3O4/c1-3-23-19(25)16-7-5-4-6-15(16)17(22-23)18(24)21-12-13-8-10-14(11-9-13)20(26)27-2/h4-11H,3,12H2,1-2H3,(H,21,24). The molecule has 7 nitrogen and oxygen atoms in total. The van der Waals surface area contributed by atoms with Crippen LogP contribution in [-0.2, 0) is 17.8 Å². The number of benzene rings is 2. The summed E-state index contributed by atoms with van der Waals surface area (Å²) in [6.45, 7) is 2.44. The van der Waals surface area contributed by atoms with Crippen LogP contribution >= 0.6 is 0 Å². The van der Waals surface area contributed by atoms with Gasteiger partial charge in [0.05, 0.1) is 18.1 Å². The molecule has 0 aliphatic carbocycles. The van der Waals surface area contributed by atoms with Gasteiger partial charge in [-0.25, -0.2) is 9.48 Å². The number of nitrogens with zero attached hydrogens (tertiary/aromatic N) is 2. The number of carbonyl (C=O) groups excluding carboxylic acids is 2. The Morgan fingerprint density at radius 1 is 1.07 bits per heavy atom. The Kier molecular flexibility index (Phi) is 5.30. The van der Waals surface area contributed by atoms with Crippen molar-refractivity contribution < 1.29 is 14.3 Å². The molecule has 0 aliphatic rings. The van der Waals surface area contributed by atoms with Crippen LogP contribution in [0.2, 0.25) is 0 Å². The topological polar surface area (TPSA) is 90.3 Å². The van der Waals surface area contributed by atoms with Crippen molar-refractivity contribution in [2.75, 3.05) is 7.11 Å². The number of aromatic nitrogens is 2. The van der Waals surface area contributed by atoms with Crippen molar-refractivity contribution in [3.8, 4) is 0 Å². The highest BCUT2D eigenvalue weighted by Gasteiger charge is 2.16. The predicted molar refractivity (Wildman–Crippen MR) is 101 cm³/mol. The van der Waals surface area contributed by atoms with Gasteiger partial charge in [0, 0.05) is 18.5 Å². The third-order valence-corrected chi connectivity index (χ3v) is 4.21. The fourth-order valence-electron chi connectivity index (χ4n) is 2.76. The maximum Gasteiger partial charge on any atom is 0.337 e. The molecule has 0 atom stereocenters. The summed E-state index contributed by atoms with van der Waals surface area (Å²) in [7, 11) is 1.32. The highest BCUT2D eigenvalue weighted by molar-refractivity contribution is 6.04. The number of hydrogen-bond donors (Lipinski definition) is 1. The molecule has 3 rings (SSSR count). The van der Waals surface area contributed by atoms with E-state index in [0.29, 0.717) is 22.9 Å². The average molecular weight is 365 g/mol. The smallest absolute Gasteiger partial charge is 0.337 e. The molecule has 138 valence electrons.